The van der Waals surface area contributed by atoms with Gasteiger partial charge in [0, 0.05) is 44.4 Å². The third-order valence-electron chi connectivity index (χ3n) is 10.0. The molecule has 0 atom stereocenters. The van der Waals surface area contributed by atoms with Gasteiger partial charge in [-0.2, -0.15) is 0 Å². The number of hydrogen-bond donors (Lipinski definition) is 0. The van der Waals surface area contributed by atoms with Crippen LogP contribution in [0, 0.1) is 21.7 Å². The Kier molecular flexibility index (Phi) is 6.13. The van der Waals surface area contributed by atoms with Gasteiger partial charge in [-0.15, -0.1) is 0 Å². The third-order valence-corrected chi connectivity index (χ3v) is 10.0. The van der Waals surface area contributed by atoms with Gasteiger partial charge in [0.25, 0.3) is 0 Å². The Morgan fingerprint density at radius 1 is 0.548 bits per heavy atom. The van der Waals surface area contributed by atoms with Gasteiger partial charge in [-0.3, -0.25) is 0 Å². The number of benzene rings is 2. The van der Waals surface area contributed by atoms with Gasteiger partial charge in [0.05, 0.1) is 16.9 Å². The summed E-state index contributed by atoms with van der Waals surface area (Å²) in [5, 5.41) is 6.86. The Balaban J connectivity index is 0.00000316. The van der Waals surface area contributed by atoms with Crippen LogP contribution in [0.5, 0.6) is 0 Å². The average Bonchev–Trinajstić information content (AvgIpc) is 3.20. The monoisotopic (exact) mass is 597 g/mol. The molecule has 9 heteroatoms. The number of fused-ring (bicyclic) bond motifs is 12. The van der Waals surface area contributed by atoms with Crippen molar-refractivity contribution in [1.29, 1.82) is 0 Å². The van der Waals surface area contributed by atoms with Crippen molar-refractivity contribution in [1.82, 2.24) is 19.9 Å². The van der Waals surface area contributed by atoms with Gasteiger partial charge in [0.2, 0.25) is 0 Å². The molecule has 42 heavy (non-hydrogen) atoms. The van der Waals surface area contributed by atoms with Crippen LogP contribution in [0.2, 0.25) is 0 Å². The van der Waals surface area contributed by atoms with Crippen molar-refractivity contribution < 1.29 is 17.1 Å². The van der Waals surface area contributed by atoms with Crippen LogP contribution in [0.4, 0.5) is 11.6 Å². The molecule has 8 bridgehead atoms. The first kappa shape index (κ1) is 28.3. The topological polar surface area (TPSA) is 103 Å². The smallest absolute Gasteiger partial charge is 0.200 e. The Bertz CT molecular complexity index is 1930. The number of aromatic nitrogens is 4. The normalized spacial score (nSPS) is 20.8. The fraction of sp³-hybridized carbons (Fsp3) is 0.364. The van der Waals surface area contributed by atoms with Gasteiger partial charge in [0.15, 0.2) is 17.5 Å². The van der Waals surface area contributed by atoms with E-state index in [1.165, 1.54) is 0 Å². The zero-order valence-corrected chi connectivity index (χ0v) is 26.2. The van der Waals surface area contributed by atoms with E-state index in [4.69, 9.17) is 40.2 Å². The molecule has 7 rings (SSSR count). The minimum atomic E-state index is -0.371. The maximum atomic E-state index is 5.16. The van der Waals surface area contributed by atoms with Crippen molar-refractivity contribution in [3.8, 4) is 11.6 Å². The number of para-hydroxylation sites is 2. The molecule has 0 radical (unpaired) electrons. The largest absolute Gasteiger partial charge is 0.442 e. The van der Waals surface area contributed by atoms with E-state index < -0.39 is 0 Å². The molecule has 0 N–H and O–H groups in total. The summed E-state index contributed by atoms with van der Waals surface area (Å²) in [7, 11) is 0. The maximum Gasteiger partial charge on any atom is 0.200 e. The van der Waals surface area contributed by atoms with Gasteiger partial charge in [-0.1, -0.05) is 97.3 Å². The Morgan fingerprint density at radius 3 is 1.64 bits per heavy atom. The second-order valence-corrected chi connectivity index (χ2v) is 13.3. The van der Waals surface area contributed by atoms with Crippen molar-refractivity contribution >= 4 is 50.8 Å². The quantitative estimate of drug-likeness (QED) is 0.191. The van der Waals surface area contributed by atoms with Crippen LogP contribution in [-0.2, 0) is 17.1 Å². The molecule has 2 aromatic carbocycles. The molecule has 0 saturated carbocycles. The minimum Gasteiger partial charge on any atom is -0.442 e. The van der Waals surface area contributed by atoms with Crippen molar-refractivity contribution in [2.75, 3.05) is 0 Å². The molecule has 3 aliphatic heterocycles. The number of amidine groups is 2. The summed E-state index contributed by atoms with van der Waals surface area (Å²) in [5.74, 6) is 3.34. The molecule has 1 saturated heterocycles. The van der Waals surface area contributed by atoms with E-state index >= 15 is 0 Å². The third kappa shape index (κ3) is 3.83. The molecule has 0 spiro atoms. The van der Waals surface area contributed by atoms with Crippen molar-refractivity contribution in [2.45, 2.75) is 55.4 Å². The summed E-state index contributed by atoms with van der Waals surface area (Å²) >= 11 is 0. The van der Waals surface area contributed by atoms with E-state index in [1.807, 2.05) is 48.5 Å². The first-order valence-electron chi connectivity index (χ1n) is 14.1. The molecular weight excluding hydrogens is 564 g/mol. The predicted molar refractivity (Wildman–Crippen MR) is 166 cm³/mol. The molecule has 2 aromatic heterocycles. The SMILES string of the molecule is CC1(C)C2=CC3=NC(=Nc4nc(nc5ccccc45)-c4nc(c5ccccc5n4)N=C([N-]2)C1(C)C)C(C)(C)C3(C)C.[Fe]. The van der Waals surface area contributed by atoms with Gasteiger partial charge in [-0.25, -0.2) is 29.9 Å². The Morgan fingerprint density at radius 2 is 1.07 bits per heavy atom. The van der Waals surface area contributed by atoms with E-state index in [2.05, 4.69) is 61.5 Å². The van der Waals surface area contributed by atoms with Gasteiger partial charge in [-0.05, 0) is 35.1 Å². The Labute approximate surface area is 256 Å². The van der Waals surface area contributed by atoms with Crippen LogP contribution in [-0.4, -0.2) is 37.3 Å². The zero-order chi connectivity index (χ0) is 28.9. The first-order valence-corrected chi connectivity index (χ1v) is 14.1. The molecule has 0 amide bonds. The standard InChI is InChI=1S/C33H33N8.Fe/c1-30(2)22-17-23-31(3,4)33(7,8)29(37-23)41-25-19-14-10-12-16-21(19)35-27(39-25)26-34-20-15-11-9-13-18(20)24(38-26)40-28(36-22)32(30,5)6;/h9-17H,1-8H3;/q-1;. The van der Waals surface area contributed by atoms with E-state index in [-0.39, 0.29) is 38.7 Å². The van der Waals surface area contributed by atoms with Crippen LogP contribution in [0.25, 0.3) is 38.8 Å². The molecule has 5 heterocycles. The average molecular weight is 598 g/mol. The molecule has 3 aliphatic rings. The van der Waals surface area contributed by atoms with Crippen molar-refractivity contribution in [2.24, 2.45) is 36.6 Å². The predicted octanol–water partition coefficient (Wildman–Crippen LogP) is 8.14. The summed E-state index contributed by atoms with van der Waals surface area (Å²) < 4.78 is 0. The molecule has 0 aliphatic carbocycles. The fourth-order valence-electron chi connectivity index (χ4n) is 5.56. The Hall–Kier alpha value is -3.81. The number of rotatable bonds is 0. The molecular formula is C33H33FeN8-. The van der Waals surface area contributed by atoms with E-state index in [0.717, 1.165) is 44.9 Å². The molecule has 0 unspecified atom stereocenters. The second-order valence-electron chi connectivity index (χ2n) is 13.3. The zero-order valence-electron chi connectivity index (χ0n) is 25.1. The van der Waals surface area contributed by atoms with Gasteiger partial charge >= 0.3 is 0 Å². The van der Waals surface area contributed by atoms with Crippen LogP contribution < -0.4 is 0 Å². The second kappa shape index (κ2) is 9.09. The summed E-state index contributed by atoms with van der Waals surface area (Å²) in [4.78, 5) is 35.1. The summed E-state index contributed by atoms with van der Waals surface area (Å²) in [5.41, 5.74) is 2.08. The number of nitrogens with zero attached hydrogens (tertiary/aromatic N) is 8. The fourth-order valence-corrected chi connectivity index (χ4v) is 5.56. The van der Waals surface area contributed by atoms with Crippen molar-refractivity contribution in [3.05, 3.63) is 65.6 Å². The van der Waals surface area contributed by atoms with E-state index in [1.54, 1.807) is 0 Å². The summed E-state index contributed by atoms with van der Waals surface area (Å²) in [6, 6.07) is 15.8. The maximum absolute atomic E-state index is 5.16. The first-order chi connectivity index (χ1) is 19.3. The number of aliphatic imine (C=N–C) groups is 3. The molecule has 8 nitrogen and oxygen atoms in total. The number of hydrogen-bond acceptors (Lipinski definition) is 7. The van der Waals surface area contributed by atoms with Crippen LogP contribution in [0.15, 0.2) is 75.3 Å². The van der Waals surface area contributed by atoms with E-state index in [9.17, 15) is 0 Å². The van der Waals surface area contributed by atoms with Crippen LogP contribution >= 0.6 is 0 Å². The molecule has 214 valence electrons. The van der Waals surface area contributed by atoms with Crippen molar-refractivity contribution in [3.63, 3.8) is 0 Å². The number of allylic oxidation sites excluding steroid dienone is 2. The van der Waals surface area contributed by atoms with E-state index in [0.29, 0.717) is 23.3 Å². The summed E-state index contributed by atoms with van der Waals surface area (Å²) in [6.45, 7) is 17.7. The summed E-state index contributed by atoms with van der Waals surface area (Å²) in [6.07, 6.45) is 2.15. The van der Waals surface area contributed by atoms with Gasteiger partial charge in [0.1, 0.15) is 5.84 Å². The minimum absolute atomic E-state index is 0. The van der Waals surface area contributed by atoms with Gasteiger partial charge < -0.3 is 10.3 Å². The van der Waals surface area contributed by atoms with Crippen LogP contribution in [0.3, 0.4) is 0 Å². The molecule has 1 fully saturated rings. The van der Waals surface area contributed by atoms with Crippen LogP contribution in [0.1, 0.15) is 55.4 Å². The molecule has 4 aromatic rings.